The topological polar surface area (TPSA) is 43.4 Å². The normalized spacial score (nSPS) is 11.9. The highest BCUT2D eigenvalue weighted by atomic mass is 16.5. The van der Waals surface area contributed by atoms with Gasteiger partial charge in [0.15, 0.2) is 0 Å². The van der Waals surface area contributed by atoms with E-state index in [4.69, 9.17) is 4.74 Å². The number of esters is 1. The summed E-state index contributed by atoms with van der Waals surface area (Å²) < 4.78 is 4.97. The smallest absolute Gasteiger partial charge is 0.313 e. The first-order chi connectivity index (χ1) is 7.65. The first kappa shape index (κ1) is 12.4. The van der Waals surface area contributed by atoms with Crippen LogP contribution in [0.4, 0.5) is 0 Å². The molecule has 0 aromatic heterocycles. The number of Topliss-reactive ketones (excluding diaryl/α,β-unsaturated/α-hetero) is 1. The molecule has 1 rings (SSSR count). The van der Waals surface area contributed by atoms with E-state index in [1.165, 1.54) is 6.92 Å². The van der Waals surface area contributed by atoms with E-state index in [0.29, 0.717) is 6.61 Å². The number of ether oxygens (including phenoxy) is 1. The molecule has 0 aliphatic rings. The van der Waals surface area contributed by atoms with Crippen molar-refractivity contribution in [2.24, 2.45) is 0 Å². The van der Waals surface area contributed by atoms with Gasteiger partial charge < -0.3 is 4.74 Å². The quantitative estimate of drug-likeness (QED) is 0.715. The fourth-order valence-corrected chi connectivity index (χ4v) is 1.55. The minimum atomic E-state index is -0.473. The molecule has 3 nitrogen and oxygen atoms in total. The van der Waals surface area contributed by atoms with Crippen molar-refractivity contribution in [1.82, 2.24) is 0 Å². The Morgan fingerprint density at radius 1 is 1.25 bits per heavy atom. The standard InChI is InChI=1S/C13H16O3/c1-3-16-13(15)12(9-10(2)14)11-7-5-4-6-8-11/h4-8,12H,3,9H2,1-2H3/t12-/m0/s1. The molecule has 0 aliphatic carbocycles. The van der Waals surface area contributed by atoms with Crippen LogP contribution in [0.3, 0.4) is 0 Å². The molecule has 0 unspecified atom stereocenters. The average molecular weight is 220 g/mol. The SMILES string of the molecule is CCOC(=O)[C@@H](CC(C)=O)c1ccccc1. The lowest BCUT2D eigenvalue weighted by atomic mass is 9.94. The second kappa shape index (κ2) is 6.05. The summed E-state index contributed by atoms with van der Waals surface area (Å²) in [6, 6.07) is 9.25. The van der Waals surface area contributed by atoms with Gasteiger partial charge in [0.1, 0.15) is 5.78 Å². The van der Waals surface area contributed by atoms with Gasteiger partial charge in [0, 0.05) is 6.42 Å². The Morgan fingerprint density at radius 2 is 1.88 bits per heavy atom. The summed E-state index contributed by atoms with van der Waals surface area (Å²) in [5, 5.41) is 0. The summed E-state index contributed by atoms with van der Waals surface area (Å²) in [5.74, 6) is -0.815. The van der Waals surface area contributed by atoms with Gasteiger partial charge in [-0.25, -0.2) is 0 Å². The van der Waals surface area contributed by atoms with Crippen LogP contribution in [0.5, 0.6) is 0 Å². The summed E-state index contributed by atoms with van der Waals surface area (Å²) in [4.78, 5) is 22.8. The fourth-order valence-electron chi connectivity index (χ4n) is 1.55. The summed E-state index contributed by atoms with van der Waals surface area (Å²) in [7, 11) is 0. The van der Waals surface area contributed by atoms with Gasteiger partial charge >= 0.3 is 5.97 Å². The summed E-state index contributed by atoms with van der Waals surface area (Å²) in [5.41, 5.74) is 0.830. The molecule has 0 heterocycles. The lowest BCUT2D eigenvalue weighted by Gasteiger charge is -2.14. The Balaban J connectivity index is 2.87. The first-order valence-electron chi connectivity index (χ1n) is 5.36. The van der Waals surface area contributed by atoms with Crippen molar-refractivity contribution in [2.75, 3.05) is 6.61 Å². The molecular formula is C13H16O3. The van der Waals surface area contributed by atoms with Crippen LogP contribution in [-0.2, 0) is 14.3 Å². The maximum absolute atomic E-state index is 11.7. The Morgan fingerprint density at radius 3 is 2.38 bits per heavy atom. The van der Waals surface area contributed by atoms with Crippen molar-refractivity contribution in [3.05, 3.63) is 35.9 Å². The Hall–Kier alpha value is -1.64. The highest BCUT2D eigenvalue weighted by Gasteiger charge is 2.23. The van der Waals surface area contributed by atoms with E-state index in [2.05, 4.69) is 0 Å². The zero-order valence-electron chi connectivity index (χ0n) is 9.60. The van der Waals surface area contributed by atoms with Crippen molar-refractivity contribution in [3.63, 3.8) is 0 Å². The largest absolute Gasteiger partial charge is 0.466 e. The molecule has 0 amide bonds. The van der Waals surface area contributed by atoms with E-state index in [9.17, 15) is 9.59 Å². The number of carbonyl (C=O) groups excluding carboxylic acids is 2. The molecule has 1 aromatic carbocycles. The van der Waals surface area contributed by atoms with Crippen molar-refractivity contribution in [1.29, 1.82) is 0 Å². The molecule has 0 saturated heterocycles. The third kappa shape index (κ3) is 3.50. The number of carbonyl (C=O) groups is 2. The molecular weight excluding hydrogens is 204 g/mol. The third-order valence-corrected chi connectivity index (χ3v) is 2.26. The second-order valence-electron chi connectivity index (χ2n) is 3.62. The van der Waals surface area contributed by atoms with Crippen LogP contribution in [0.2, 0.25) is 0 Å². The van der Waals surface area contributed by atoms with E-state index in [-0.39, 0.29) is 18.2 Å². The van der Waals surface area contributed by atoms with Crippen LogP contribution in [0.15, 0.2) is 30.3 Å². The van der Waals surface area contributed by atoms with E-state index in [1.54, 1.807) is 6.92 Å². The predicted molar refractivity (Wildman–Crippen MR) is 61.1 cm³/mol. The molecule has 1 aromatic rings. The highest BCUT2D eigenvalue weighted by Crippen LogP contribution is 2.21. The van der Waals surface area contributed by atoms with Crippen molar-refractivity contribution >= 4 is 11.8 Å². The average Bonchev–Trinajstić information content (AvgIpc) is 2.27. The molecule has 0 N–H and O–H groups in total. The molecule has 0 aliphatic heterocycles. The molecule has 1 atom stereocenters. The molecule has 0 spiro atoms. The van der Waals surface area contributed by atoms with Crippen LogP contribution in [-0.4, -0.2) is 18.4 Å². The molecule has 0 bridgehead atoms. The van der Waals surface area contributed by atoms with Gasteiger partial charge in [-0.2, -0.15) is 0 Å². The lowest BCUT2D eigenvalue weighted by Crippen LogP contribution is -2.18. The van der Waals surface area contributed by atoms with Gasteiger partial charge in [-0.3, -0.25) is 9.59 Å². The highest BCUT2D eigenvalue weighted by molar-refractivity contribution is 5.86. The van der Waals surface area contributed by atoms with E-state index in [1.807, 2.05) is 30.3 Å². The summed E-state index contributed by atoms with van der Waals surface area (Å²) in [6.45, 7) is 3.57. The second-order valence-corrected chi connectivity index (χ2v) is 3.62. The molecule has 0 radical (unpaired) electrons. The molecule has 86 valence electrons. The van der Waals surface area contributed by atoms with E-state index >= 15 is 0 Å². The van der Waals surface area contributed by atoms with Gasteiger partial charge in [-0.1, -0.05) is 30.3 Å². The number of hydrogen-bond donors (Lipinski definition) is 0. The summed E-state index contributed by atoms with van der Waals surface area (Å²) >= 11 is 0. The Kier molecular flexibility index (Phi) is 4.70. The Bertz CT molecular complexity index is 357. The van der Waals surface area contributed by atoms with Crippen molar-refractivity contribution < 1.29 is 14.3 Å². The number of benzene rings is 1. The van der Waals surface area contributed by atoms with E-state index < -0.39 is 5.92 Å². The van der Waals surface area contributed by atoms with Gasteiger partial charge in [-0.15, -0.1) is 0 Å². The fraction of sp³-hybridized carbons (Fsp3) is 0.385. The van der Waals surface area contributed by atoms with Gasteiger partial charge in [-0.05, 0) is 19.4 Å². The molecule has 3 heteroatoms. The van der Waals surface area contributed by atoms with Crippen molar-refractivity contribution in [2.45, 2.75) is 26.2 Å². The Labute approximate surface area is 95.4 Å². The van der Waals surface area contributed by atoms with Crippen molar-refractivity contribution in [3.8, 4) is 0 Å². The minimum absolute atomic E-state index is 0.0121. The minimum Gasteiger partial charge on any atom is -0.466 e. The first-order valence-corrected chi connectivity index (χ1v) is 5.36. The monoisotopic (exact) mass is 220 g/mol. The van der Waals surface area contributed by atoms with Crippen LogP contribution in [0.1, 0.15) is 31.7 Å². The maximum atomic E-state index is 11.7. The van der Waals surface area contributed by atoms with Crippen LogP contribution in [0, 0.1) is 0 Å². The van der Waals surface area contributed by atoms with Crippen LogP contribution >= 0.6 is 0 Å². The predicted octanol–water partition coefficient (Wildman–Crippen LogP) is 2.31. The zero-order valence-corrected chi connectivity index (χ0v) is 9.60. The zero-order chi connectivity index (χ0) is 12.0. The van der Waals surface area contributed by atoms with Gasteiger partial charge in [0.25, 0.3) is 0 Å². The third-order valence-electron chi connectivity index (χ3n) is 2.26. The maximum Gasteiger partial charge on any atom is 0.313 e. The number of hydrogen-bond acceptors (Lipinski definition) is 3. The van der Waals surface area contributed by atoms with Crippen LogP contribution < -0.4 is 0 Å². The molecule has 0 saturated carbocycles. The lowest BCUT2D eigenvalue weighted by molar-refractivity contribution is -0.146. The number of rotatable bonds is 5. The van der Waals surface area contributed by atoms with Gasteiger partial charge in [0.05, 0.1) is 12.5 Å². The summed E-state index contributed by atoms with van der Waals surface area (Å²) in [6.07, 6.45) is 0.197. The van der Waals surface area contributed by atoms with Crippen LogP contribution in [0.25, 0.3) is 0 Å². The number of ketones is 1. The van der Waals surface area contributed by atoms with E-state index in [0.717, 1.165) is 5.56 Å². The van der Waals surface area contributed by atoms with Gasteiger partial charge in [0.2, 0.25) is 0 Å². The molecule has 16 heavy (non-hydrogen) atoms. The molecule has 0 fully saturated rings.